The average molecular weight is 821 g/mol. The molecule has 0 aliphatic carbocycles. The molecule has 5 rings (SSSR count). The third kappa shape index (κ3) is 17.7. The molecule has 9 nitrogen and oxygen atoms in total. The van der Waals surface area contributed by atoms with Gasteiger partial charge in [-0.2, -0.15) is 0 Å². The van der Waals surface area contributed by atoms with Crippen LogP contribution < -0.4 is 22.2 Å². The number of nitrogens with one attached hydrogen (secondary N) is 1. The number of ether oxygens (including phenoxy) is 1. The highest BCUT2D eigenvalue weighted by Gasteiger charge is 2.18. The van der Waals surface area contributed by atoms with Gasteiger partial charge in [-0.25, -0.2) is 4.79 Å². The molecular weight excluding hydrogens is 773 g/mol. The van der Waals surface area contributed by atoms with Gasteiger partial charge in [0.2, 0.25) is 0 Å². The predicted molar refractivity (Wildman–Crippen MR) is 215 cm³/mol. The smallest absolute Gasteiger partial charge is 0.444 e. The summed E-state index contributed by atoms with van der Waals surface area (Å²) in [6.45, 7) is 11.4. The Kier molecular flexibility index (Phi) is 18.8. The Labute approximate surface area is 319 Å². The molecule has 2 heterocycles. The lowest BCUT2D eigenvalue weighted by Gasteiger charge is -2.22. The monoisotopic (exact) mass is 819 g/mol. The van der Waals surface area contributed by atoms with Gasteiger partial charge in [0, 0.05) is 51.3 Å². The third-order valence-corrected chi connectivity index (χ3v) is 7.83. The number of pyridine rings is 2. The fourth-order valence-electron chi connectivity index (χ4n) is 4.20. The van der Waals surface area contributed by atoms with E-state index in [0.717, 1.165) is 36.8 Å². The van der Waals surface area contributed by atoms with Crippen LogP contribution in [-0.4, -0.2) is 38.8 Å². The summed E-state index contributed by atoms with van der Waals surface area (Å²) in [6.07, 6.45) is 6.22. The maximum Gasteiger partial charge on any atom is 0.490 e. The van der Waals surface area contributed by atoms with Crippen LogP contribution in [0.4, 0.5) is 4.79 Å². The molecule has 0 aliphatic heterocycles. The van der Waals surface area contributed by atoms with Crippen LogP contribution in [0.15, 0.2) is 131 Å². The van der Waals surface area contributed by atoms with Crippen molar-refractivity contribution in [3.8, 4) is 11.1 Å². The highest BCUT2D eigenvalue weighted by molar-refractivity contribution is 9.10. The summed E-state index contributed by atoms with van der Waals surface area (Å²) in [5.41, 5.74) is 17.1. The van der Waals surface area contributed by atoms with Crippen LogP contribution in [0.3, 0.4) is 0 Å². The van der Waals surface area contributed by atoms with Crippen molar-refractivity contribution < 1.29 is 19.6 Å². The number of carbonyl (C=O) groups excluding carboxylic acids is 1. The second kappa shape index (κ2) is 22.1. The minimum Gasteiger partial charge on any atom is -0.444 e. The summed E-state index contributed by atoms with van der Waals surface area (Å²) in [6, 6.07) is 31.5. The second-order valence-corrected chi connectivity index (χ2v) is 14.4. The fourth-order valence-corrected chi connectivity index (χ4v) is 5.03. The molecule has 3 aromatic carbocycles. The number of hydrogen-bond acceptors (Lipinski definition) is 8. The molecule has 0 saturated heterocycles. The maximum absolute atomic E-state index is 11.6. The molecule has 7 N–H and O–H groups in total. The summed E-state index contributed by atoms with van der Waals surface area (Å²) in [4.78, 5) is 19.4. The van der Waals surface area contributed by atoms with Gasteiger partial charge in [-0.05, 0) is 112 Å². The molecule has 270 valence electrons. The van der Waals surface area contributed by atoms with Gasteiger partial charge in [-0.1, -0.05) is 86.5 Å². The number of carbonyl (C=O) groups is 1. The second-order valence-electron chi connectivity index (χ2n) is 12.6. The van der Waals surface area contributed by atoms with E-state index in [1.807, 2.05) is 121 Å². The van der Waals surface area contributed by atoms with Gasteiger partial charge < -0.3 is 31.6 Å². The van der Waals surface area contributed by atoms with Crippen molar-refractivity contribution in [3.63, 3.8) is 0 Å². The molecule has 12 heteroatoms. The lowest BCUT2D eigenvalue weighted by molar-refractivity contribution is 0.0508. The molecule has 0 radical (unpaired) electrons. The van der Waals surface area contributed by atoms with Gasteiger partial charge in [0.05, 0.1) is 6.04 Å². The Morgan fingerprint density at radius 3 is 1.65 bits per heavy atom. The van der Waals surface area contributed by atoms with Gasteiger partial charge in [-0.3, -0.25) is 9.97 Å². The van der Waals surface area contributed by atoms with Gasteiger partial charge in [0.25, 0.3) is 0 Å². The molecule has 1 amide bonds. The standard InChI is InChI=1S/C13H18BrNO2.C13H14N2.C8H10BrN.C5H6BNO2/c1-9(10-6-5-7-11(14)8-10)15-12(16)17-13(2,3)4;1-10(14)11-4-2-5-12(8-11)13-6-3-7-15-9-13;1-6(10)7-3-2-4-8(9)5-7;8-6(9)5-2-1-3-7-4-5/h5-9H,1-4H3,(H,15,16);2-10H,14H2,1H3;2-6H,10H2,1H3;1-4,8-9H/t9-;10-;6-;/m000./s1. The van der Waals surface area contributed by atoms with E-state index in [2.05, 4.69) is 59.3 Å². The van der Waals surface area contributed by atoms with Crippen molar-refractivity contribution in [2.45, 2.75) is 65.3 Å². The van der Waals surface area contributed by atoms with Crippen molar-refractivity contribution in [2.75, 3.05) is 0 Å². The van der Waals surface area contributed by atoms with E-state index < -0.39 is 18.8 Å². The molecule has 5 aromatic rings. The quantitative estimate of drug-likeness (QED) is 0.108. The maximum atomic E-state index is 11.6. The molecular formula is C39H48BBr2N5O4. The van der Waals surface area contributed by atoms with E-state index in [4.69, 9.17) is 26.3 Å². The normalized spacial score (nSPS) is 12.2. The molecule has 0 aliphatic rings. The SMILES string of the molecule is C[C@H](N)c1cccc(-c2cccnc2)c1.C[C@H](N)c1cccc(Br)c1.C[C@H](NC(=O)OC(C)(C)C)c1cccc(Br)c1.OB(O)c1cccnc1. The van der Waals surface area contributed by atoms with Crippen LogP contribution in [0, 0.1) is 0 Å². The molecule has 0 saturated carbocycles. The summed E-state index contributed by atoms with van der Waals surface area (Å²) >= 11 is 6.78. The lowest BCUT2D eigenvalue weighted by Crippen LogP contribution is -2.34. The van der Waals surface area contributed by atoms with E-state index in [0.29, 0.717) is 5.46 Å². The summed E-state index contributed by atoms with van der Waals surface area (Å²) in [7, 11) is -1.40. The Morgan fingerprint density at radius 2 is 1.22 bits per heavy atom. The van der Waals surface area contributed by atoms with Gasteiger partial charge in [0.15, 0.2) is 0 Å². The average Bonchev–Trinajstić information content (AvgIpc) is 3.09. The molecule has 0 fully saturated rings. The number of nitrogens with zero attached hydrogens (tertiary/aromatic N) is 2. The van der Waals surface area contributed by atoms with Crippen molar-refractivity contribution in [3.05, 3.63) is 147 Å². The van der Waals surface area contributed by atoms with Crippen molar-refractivity contribution in [2.24, 2.45) is 11.5 Å². The van der Waals surface area contributed by atoms with E-state index in [-0.39, 0.29) is 18.1 Å². The number of aromatic nitrogens is 2. The van der Waals surface area contributed by atoms with E-state index in [9.17, 15) is 4.79 Å². The van der Waals surface area contributed by atoms with Crippen molar-refractivity contribution >= 4 is 50.5 Å². The number of amides is 1. The largest absolute Gasteiger partial charge is 0.490 e. The first-order valence-electron chi connectivity index (χ1n) is 16.3. The van der Waals surface area contributed by atoms with E-state index in [1.165, 1.54) is 6.20 Å². The van der Waals surface area contributed by atoms with Crippen LogP contribution in [0.2, 0.25) is 0 Å². The highest BCUT2D eigenvalue weighted by Crippen LogP contribution is 2.22. The highest BCUT2D eigenvalue weighted by atomic mass is 79.9. The zero-order valence-corrected chi connectivity index (χ0v) is 33.0. The van der Waals surface area contributed by atoms with Crippen LogP contribution in [0.25, 0.3) is 11.1 Å². The minimum atomic E-state index is -1.40. The number of hydrogen-bond donors (Lipinski definition) is 5. The van der Waals surface area contributed by atoms with Crippen molar-refractivity contribution in [1.82, 2.24) is 15.3 Å². The molecule has 51 heavy (non-hydrogen) atoms. The first-order chi connectivity index (χ1) is 24.1. The zero-order chi connectivity index (χ0) is 38.0. The molecule has 2 aromatic heterocycles. The number of halogens is 2. The summed E-state index contributed by atoms with van der Waals surface area (Å²) in [5.74, 6) is 0. The topological polar surface area (TPSA) is 157 Å². The van der Waals surface area contributed by atoms with Crippen LogP contribution >= 0.6 is 31.9 Å². The number of alkyl carbamates (subject to hydrolysis) is 1. The van der Waals surface area contributed by atoms with Crippen LogP contribution in [0.5, 0.6) is 0 Å². The molecule has 0 bridgehead atoms. The number of benzene rings is 3. The van der Waals surface area contributed by atoms with Gasteiger partial charge in [0.1, 0.15) is 5.60 Å². The van der Waals surface area contributed by atoms with Crippen LogP contribution in [-0.2, 0) is 4.74 Å². The van der Waals surface area contributed by atoms with E-state index >= 15 is 0 Å². The first-order valence-corrected chi connectivity index (χ1v) is 17.9. The first kappa shape index (κ1) is 43.3. The Bertz CT molecular complexity index is 1740. The van der Waals surface area contributed by atoms with Crippen LogP contribution in [0.1, 0.15) is 76.4 Å². The van der Waals surface area contributed by atoms with Gasteiger partial charge >= 0.3 is 13.2 Å². The lowest BCUT2D eigenvalue weighted by atomic mass is 9.82. The summed E-state index contributed by atoms with van der Waals surface area (Å²) < 4.78 is 7.28. The number of nitrogens with two attached hydrogens (primary N) is 2. The Morgan fingerprint density at radius 1 is 0.725 bits per heavy atom. The zero-order valence-electron chi connectivity index (χ0n) is 29.9. The summed E-state index contributed by atoms with van der Waals surface area (Å²) in [5, 5.41) is 19.9. The van der Waals surface area contributed by atoms with Gasteiger partial charge in [-0.15, -0.1) is 0 Å². The Balaban J connectivity index is 0.000000243. The van der Waals surface area contributed by atoms with E-state index in [1.54, 1.807) is 24.5 Å². The predicted octanol–water partition coefficient (Wildman–Crippen LogP) is 8.03. The molecule has 0 spiro atoms. The minimum absolute atomic E-state index is 0.0709. The molecule has 3 atom stereocenters. The third-order valence-electron chi connectivity index (χ3n) is 6.85. The van der Waals surface area contributed by atoms with Crippen molar-refractivity contribution in [1.29, 1.82) is 0 Å². The number of rotatable bonds is 6. The Hall–Kier alpha value is -3.91. The fraction of sp³-hybridized carbons (Fsp3) is 0.256. The molecule has 0 unspecified atom stereocenters.